The van der Waals surface area contributed by atoms with Gasteiger partial charge in [-0.25, -0.2) is 0 Å². The van der Waals surface area contributed by atoms with Gasteiger partial charge >= 0.3 is 21.1 Å². The van der Waals surface area contributed by atoms with Gasteiger partial charge in [-0.3, -0.25) is 4.90 Å². The van der Waals surface area contributed by atoms with Crippen molar-refractivity contribution in [2.24, 2.45) is 5.73 Å². The van der Waals surface area contributed by atoms with Crippen LogP contribution in [0.1, 0.15) is 6.42 Å². The molecule has 1 heterocycles. The van der Waals surface area contributed by atoms with Gasteiger partial charge in [0.1, 0.15) is 0 Å². The monoisotopic (exact) mass is 427 g/mol. The van der Waals surface area contributed by atoms with Crippen LogP contribution in [-0.2, 0) is 35.4 Å². The molecule has 0 amide bonds. The van der Waals surface area contributed by atoms with Crippen molar-refractivity contribution in [3.05, 3.63) is 0 Å². The molecule has 1 fully saturated rings. The zero-order valence-corrected chi connectivity index (χ0v) is 11.6. The van der Waals surface area contributed by atoms with Crippen molar-refractivity contribution in [1.29, 1.82) is 0 Å². The van der Waals surface area contributed by atoms with Crippen molar-refractivity contribution in [2.45, 2.75) is 6.42 Å². The number of carboxylic acids is 2. The normalized spacial score (nSPS) is 15.1. The molecule has 0 unspecified atom stereocenters. The molecule has 102 valence electrons. The second-order valence-electron chi connectivity index (χ2n) is 3.16. The van der Waals surface area contributed by atoms with Crippen molar-refractivity contribution in [3.63, 3.8) is 0 Å². The SMILES string of the molecule is NCCN1CCOCC1.O=C([O-])CC(=O)[O-].[Pt+2]. The molecule has 0 aliphatic carbocycles. The molecule has 1 aliphatic rings. The van der Waals surface area contributed by atoms with Gasteiger partial charge in [-0.2, -0.15) is 0 Å². The number of carbonyl (C=O) groups excluding carboxylic acids is 2. The predicted molar refractivity (Wildman–Crippen MR) is 50.9 cm³/mol. The molecule has 0 radical (unpaired) electrons. The van der Waals surface area contributed by atoms with Gasteiger partial charge in [0, 0.05) is 44.5 Å². The Kier molecular flexibility index (Phi) is 13.3. The molecular formula is C9H16N2O5Pt. The molecule has 1 aliphatic heterocycles. The smallest absolute Gasteiger partial charge is 0.550 e. The Morgan fingerprint density at radius 1 is 1.18 bits per heavy atom. The molecule has 0 aromatic carbocycles. The quantitative estimate of drug-likeness (QED) is 0.457. The first-order valence-corrected chi connectivity index (χ1v) is 4.96. The molecule has 1 saturated heterocycles. The minimum absolute atomic E-state index is 0. The zero-order chi connectivity index (χ0) is 12.4. The Balaban J connectivity index is 0. The summed E-state index contributed by atoms with van der Waals surface area (Å²) in [6, 6.07) is 0. The first-order valence-electron chi connectivity index (χ1n) is 4.96. The van der Waals surface area contributed by atoms with Crippen LogP contribution in [0.5, 0.6) is 0 Å². The average Bonchev–Trinajstić information content (AvgIpc) is 2.18. The number of rotatable bonds is 4. The molecule has 0 saturated carbocycles. The van der Waals surface area contributed by atoms with Crippen LogP contribution in [-0.4, -0.2) is 56.2 Å². The van der Waals surface area contributed by atoms with Gasteiger partial charge in [-0.05, 0) is 0 Å². The summed E-state index contributed by atoms with van der Waals surface area (Å²) in [6.07, 6.45) is -1.03. The van der Waals surface area contributed by atoms with E-state index < -0.39 is 18.4 Å². The molecule has 17 heavy (non-hydrogen) atoms. The van der Waals surface area contributed by atoms with Crippen molar-refractivity contribution in [2.75, 3.05) is 39.4 Å². The third-order valence-corrected chi connectivity index (χ3v) is 1.84. The molecule has 0 aromatic rings. The van der Waals surface area contributed by atoms with Crippen LogP contribution in [0, 0.1) is 0 Å². The van der Waals surface area contributed by atoms with E-state index in [9.17, 15) is 19.8 Å². The maximum absolute atomic E-state index is 9.28. The Bertz CT molecular complexity index is 207. The van der Waals surface area contributed by atoms with Crippen molar-refractivity contribution >= 4 is 11.9 Å². The van der Waals surface area contributed by atoms with E-state index in [1.807, 2.05) is 0 Å². The van der Waals surface area contributed by atoms with Crippen LogP contribution in [0.3, 0.4) is 0 Å². The van der Waals surface area contributed by atoms with Crippen molar-refractivity contribution < 1.29 is 45.6 Å². The van der Waals surface area contributed by atoms with Crippen LogP contribution < -0.4 is 15.9 Å². The summed E-state index contributed by atoms with van der Waals surface area (Å²) in [5, 5.41) is 18.6. The summed E-state index contributed by atoms with van der Waals surface area (Å²) >= 11 is 0. The zero-order valence-electron chi connectivity index (χ0n) is 9.33. The van der Waals surface area contributed by atoms with Crippen molar-refractivity contribution in [3.8, 4) is 0 Å². The van der Waals surface area contributed by atoms with Gasteiger partial charge in [0.2, 0.25) is 0 Å². The summed E-state index contributed by atoms with van der Waals surface area (Å²) in [4.78, 5) is 20.9. The van der Waals surface area contributed by atoms with E-state index in [-0.39, 0.29) is 21.1 Å². The Morgan fingerprint density at radius 2 is 1.65 bits per heavy atom. The van der Waals surface area contributed by atoms with Gasteiger partial charge in [0.15, 0.2) is 0 Å². The minimum atomic E-state index is -1.63. The summed E-state index contributed by atoms with van der Waals surface area (Å²) in [5.41, 5.74) is 5.38. The van der Waals surface area contributed by atoms with Gasteiger partial charge in [0.25, 0.3) is 0 Å². The second kappa shape index (κ2) is 12.0. The number of nitrogens with zero attached hydrogens (tertiary/aromatic N) is 1. The minimum Gasteiger partial charge on any atom is -0.550 e. The molecule has 8 heteroatoms. The van der Waals surface area contributed by atoms with E-state index in [0.717, 1.165) is 39.4 Å². The van der Waals surface area contributed by atoms with E-state index >= 15 is 0 Å². The third-order valence-electron chi connectivity index (χ3n) is 1.84. The molecule has 7 nitrogen and oxygen atoms in total. The van der Waals surface area contributed by atoms with E-state index in [2.05, 4.69) is 4.90 Å². The standard InChI is InChI=1S/C6H14N2O.C3H4O4.Pt/c7-1-2-8-3-5-9-6-4-8;4-2(5)1-3(6)7;/h1-7H2;1H2,(H,4,5)(H,6,7);/q;;+2/p-2. The number of carbonyl (C=O) groups is 2. The van der Waals surface area contributed by atoms with Gasteiger partial charge in [0.05, 0.1) is 13.2 Å². The summed E-state index contributed by atoms with van der Waals surface area (Å²) in [7, 11) is 0. The van der Waals surface area contributed by atoms with E-state index in [4.69, 9.17) is 10.5 Å². The molecule has 0 aromatic heterocycles. The molecule has 0 bridgehead atoms. The summed E-state index contributed by atoms with van der Waals surface area (Å²) in [5.74, 6) is -3.25. The van der Waals surface area contributed by atoms with Crippen LogP contribution in [0.4, 0.5) is 0 Å². The number of hydrogen-bond acceptors (Lipinski definition) is 7. The maximum Gasteiger partial charge on any atom is 2.00 e. The van der Waals surface area contributed by atoms with E-state index in [0.29, 0.717) is 0 Å². The molecule has 0 spiro atoms. The number of aliphatic carboxylic acids is 2. The van der Waals surface area contributed by atoms with Gasteiger partial charge in [-0.1, -0.05) is 0 Å². The van der Waals surface area contributed by atoms with Crippen LogP contribution in [0.2, 0.25) is 0 Å². The Labute approximate surface area is 114 Å². The average molecular weight is 427 g/mol. The fraction of sp³-hybridized carbons (Fsp3) is 0.778. The molecule has 0 atom stereocenters. The fourth-order valence-electron chi connectivity index (χ4n) is 1.13. The largest absolute Gasteiger partial charge is 2.00 e. The molecular weight excluding hydrogens is 411 g/mol. The number of ether oxygens (including phenoxy) is 1. The first kappa shape index (κ1) is 18.9. The van der Waals surface area contributed by atoms with Gasteiger partial charge < -0.3 is 30.3 Å². The first-order chi connectivity index (χ1) is 7.56. The van der Waals surface area contributed by atoms with Crippen LogP contribution in [0.25, 0.3) is 0 Å². The molecule has 2 N–H and O–H groups in total. The van der Waals surface area contributed by atoms with Crippen LogP contribution >= 0.6 is 0 Å². The number of morpholine rings is 1. The van der Waals surface area contributed by atoms with Gasteiger partial charge in [-0.15, -0.1) is 0 Å². The number of carboxylic acid groups (broad SMARTS) is 2. The van der Waals surface area contributed by atoms with E-state index in [1.165, 1.54) is 0 Å². The van der Waals surface area contributed by atoms with Crippen molar-refractivity contribution in [1.82, 2.24) is 4.90 Å². The maximum atomic E-state index is 9.28. The number of hydrogen-bond donors (Lipinski definition) is 1. The third kappa shape index (κ3) is 13.4. The predicted octanol–water partition coefficient (Wildman–Crippen LogP) is -3.85. The van der Waals surface area contributed by atoms with E-state index in [1.54, 1.807) is 0 Å². The Hall–Kier alpha value is -0.492. The number of nitrogens with two attached hydrogens (primary N) is 1. The Morgan fingerprint density at radius 3 is 1.94 bits per heavy atom. The fourth-order valence-corrected chi connectivity index (χ4v) is 1.13. The summed E-state index contributed by atoms with van der Waals surface area (Å²) < 4.78 is 5.16. The summed E-state index contributed by atoms with van der Waals surface area (Å²) in [6.45, 7) is 5.64. The molecule has 1 rings (SSSR count). The van der Waals surface area contributed by atoms with Crippen LogP contribution in [0.15, 0.2) is 0 Å². The second-order valence-corrected chi connectivity index (χ2v) is 3.16. The topological polar surface area (TPSA) is 119 Å².